The number of nitrogens with zero attached hydrogens (tertiary/aromatic N) is 1. The molecule has 2 heterocycles. The van der Waals surface area contributed by atoms with Crippen LogP contribution in [0.4, 0.5) is 0 Å². The number of rotatable bonds is 6. The van der Waals surface area contributed by atoms with Crippen LogP contribution in [0.3, 0.4) is 0 Å². The Bertz CT molecular complexity index is 816. The van der Waals surface area contributed by atoms with Crippen molar-refractivity contribution in [1.29, 1.82) is 0 Å². The Labute approximate surface area is 145 Å². The Morgan fingerprint density at radius 2 is 2.12 bits per heavy atom. The van der Waals surface area contributed by atoms with Gasteiger partial charge in [-0.15, -0.1) is 11.3 Å². The van der Waals surface area contributed by atoms with Gasteiger partial charge < -0.3 is 10.1 Å². The number of hydrogen-bond donors (Lipinski definition) is 1. The maximum Gasteiger partial charge on any atom is 0.258 e. The molecule has 0 radical (unpaired) electrons. The number of aromatic nitrogens is 1. The number of carbonyl (C=O) groups is 1. The molecule has 4 nitrogen and oxygen atoms in total. The zero-order chi connectivity index (χ0) is 16.8. The fraction of sp³-hybridized carbons (Fsp3) is 0.158. The van der Waals surface area contributed by atoms with Crippen molar-refractivity contribution in [3.05, 3.63) is 71.2 Å². The second kappa shape index (κ2) is 7.75. The highest BCUT2D eigenvalue weighted by Crippen LogP contribution is 2.25. The highest BCUT2D eigenvalue weighted by molar-refractivity contribution is 7.13. The van der Waals surface area contributed by atoms with Crippen molar-refractivity contribution in [2.75, 3.05) is 6.61 Å². The van der Waals surface area contributed by atoms with E-state index in [1.807, 2.05) is 60.8 Å². The largest absolute Gasteiger partial charge is 0.484 e. The summed E-state index contributed by atoms with van der Waals surface area (Å²) in [6.07, 6.45) is 1.77. The molecule has 0 aliphatic heterocycles. The fourth-order valence-electron chi connectivity index (χ4n) is 2.32. The minimum absolute atomic E-state index is 0.00193. The number of thiophene rings is 1. The minimum atomic E-state index is -0.155. The Hall–Kier alpha value is -2.66. The first kappa shape index (κ1) is 16.2. The Kier molecular flexibility index (Phi) is 5.23. The number of nitrogens with one attached hydrogen (secondary N) is 1. The van der Waals surface area contributed by atoms with Crippen LogP contribution in [0.5, 0.6) is 5.75 Å². The third-order valence-corrected chi connectivity index (χ3v) is 4.36. The molecule has 1 N–H and O–H groups in total. The molecule has 1 aromatic carbocycles. The maximum absolute atomic E-state index is 12.0. The molecule has 0 aliphatic rings. The summed E-state index contributed by atoms with van der Waals surface area (Å²) in [4.78, 5) is 17.5. The van der Waals surface area contributed by atoms with Crippen molar-refractivity contribution in [2.45, 2.75) is 13.5 Å². The smallest absolute Gasteiger partial charge is 0.258 e. The molecule has 5 heteroatoms. The lowest BCUT2D eigenvalue weighted by atomic mass is 10.1. The molecule has 3 rings (SSSR count). The van der Waals surface area contributed by atoms with Crippen LogP contribution >= 0.6 is 11.3 Å². The molecule has 0 unspecified atom stereocenters. The molecule has 0 aliphatic carbocycles. The van der Waals surface area contributed by atoms with Crippen LogP contribution in [0.1, 0.15) is 11.1 Å². The predicted molar refractivity (Wildman–Crippen MR) is 96.1 cm³/mol. The average Bonchev–Trinajstić information content (AvgIpc) is 3.13. The van der Waals surface area contributed by atoms with E-state index in [1.165, 1.54) is 0 Å². The van der Waals surface area contributed by atoms with E-state index in [1.54, 1.807) is 17.5 Å². The number of hydrogen-bond acceptors (Lipinski definition) is 4. The van der Waals surface area contributed by atoms with E-state index in [9.17, 15) is 4.79 Å². The van der Waals surface area contributed by atoms with Gasteiger partial charge >= 0.3 is 0 Å². The number of amides is 1. The van der Waals surface area contributed by atoms with E-state index in [0.29, 0.717) is 12.3 Å². The van der Waals surface area contributed by atoms with Crippen LogP contribution in [0, 0.1) is 6.92 Å². The van der Waals surface area contributed by atoms with Gasteiger partial charge in [0, 0.05) is 12.7 Å². The lowest BCUT2D eigenvalue weighted by molar-refractivity contribution is -0.123. The molecular weight excluding hydrogens is 320 g/mol. The van der Waals surface area contributed by atoms with Crippen molar-refractivity contribution >= 4 is 17.2 Å². The molecule has 0 spiro atoms. The third kappa shape index (κ3) is 4.20. The van der Waals surface area contributed by atoms with Gasteiger partial charge in [-0.25, -0.2) is 0 Å². The topological polar surface area (TPSA) is 51.2 Å². The molecule has 2 aromatic heterocycles. The summed E-state index contributed by atoms with van der Waals surface area (Å²) < 4.78 is 5.51. The van der Waals surface area contributed by atoms with E-state index >= 15 is 0 Å². The van der Waals surface area contributed by atoms with E-state index < -0.39 is 0 Å². The standard InChI is InChI=1S/C19H18N2O2S/c1-14-5-2-7-16(11-14)23-13-18(22)21-12-15-6-3-9-20-19(15)17-8-4-10-24-17/h2-11H,12-13H2,1H3,(H,21,22). The highest BCUT2D eigenvalue weighted by atomic mass is 32.1. The summed E-state index contributed by atoms with van der Waals surface area (Å²) in [5.74, 6) is 0.545. The van der Waals surface area contributed by atoms with Crippen molar-refractivity contribution in [2.24, 2.45) is 0 Å². The van der Waals surface area contributed by atoms with Crippen molar-refractivity contribution < 1.29 is 9.53 Å². The van der Waals surface area contributed by atoms with Crippen molar-refractivity contribution in [3.63, 3.8) is 0 Å². The number of carbonyl (C=O) groups excluding carboxylic acids is 1. The van der Waals surface area contributed by atoms with E-state index in [-0.39, 0.29) is 12.5 Å². The van der Waals surface area contributed by atoms with Gasteiger partial charge in [0.2, 0.25) is 0 Å². The van der Waals surface area contributed by atoms with Gasteiger partial charge in [0.05, 0.1) is 10.6 Å². The van der Waals surface area contributed by atoms with E-state index in [2.05, 4.69) is 10.3 Å². The second-order valence-corrected chi connectivity index (χ2v) is 6.32. The lowest BCUT2D eigenvalue weighted by Gasteiger charge is -2.10. The highest BCUT2D eigenvalue weighted by Gasteiger charge is 2.09. The van der Waals surface area contributed by atoms with Crippen LogP contribution in [0.25, 0.3) is 10.6 Å². The molecule has 0 fully saturated rings. The molecule has 0 saturated heterocycles. The van der Waals surface area contributed by atoms with Gasteiger partial charge in [0.1, 0.15) is 5.75 Å². The summed E-state index contributed by atoms with van der Waals surface area (Å²) in [5, 5.41) is 4.90. The van der Waals surface area contributed by atoms with Crippen LogP contribution in [0.15, 0.2) is 60.1 Å². The summed E-state index contributed by atoms with van der Waals surface area (Å²) >= 11 is 1.63. The summed E-state index contributed by atoms with van der Waals surface area (Å²) in [6, 6.07) is 15.5. The first-order valence-corrected chi connectivity index (χ1v) is 8.54. The molecule has 3 aromatic rings. The number of pyridine rings is 1. The zero-order valence-electron chi connectivity index (χ0n) is 13.4. The fourth-order valence-corrected chi connectivity index (χ4v) is 3.07. The third-order valence-electron chi connectivity index (χ3n) is 3.48. The van der Waals surface area contributed by atoms with Crippen LogP contribution in [-0.2, 0) is 11.3 Å². The summed E-state index contributed by atoms with van der Waals surface area (Å²) in [5.41, 5.74) is 3.00. The molecule has 122 valence electrons. The molecule has 0 atom stereocenters. The number of aryl methyl sites for hydroxylation is 1. The van der Waals surface area contributed by atoms with Gasteiger partial charge in [-0.1, -0.05) is 24.3 Å². The molecule has 0 saturated carbocycles. The average molecular weight is 338 g/mol. The summed E-state index contributed by atoms with van der Waals surface area (Å²) in [7, 11) is 0. The second-order valence-electron chi connectivity index (χ2n) is 5.37. The SMILES string of the molecule is Cc1cccc(OCC(=O)NCc2cccnc2-c2cccs2)c1. The summed E-state index contributed by atoms with van der Waals surface area (Å²) in [6.45, 7) is 2.41. The van der Waals surface area contributed by atoms with Crippen LogP contribution < -0.4 is 10.1 Å². The van der Waals surface area contributed by atoms with Gasteiger partial charge in [-0.2, -0.15) is 0 Å². The van der Waals surface area contributed by atoms with Gasteiger partial charge in [-0.05, 0) is 47.7 Å². The number of benzene rings is 1. The van der Waals surface area contributed by atoms with Gasteiger partial charge in [-0.3, -0.25) is 9.78 Å². The first-order chi connectivity index (χ1) is 11.7. The lowest BCUT2D eigenvalue weighted by Crippen LogP contribution is -2.28. The van der Waals surface area contributed by atoms with Crippen LogP contribution in [0.2, 0.25) is 0 Å². The molecule has 24 heavy (non-hydrogen) atoms. The Balaban J connectivity index is 1.57. The molecule has 0 bridgehead atoms. The monoisotopic (exact) mass is 338 g/mol. The van der Waals surface area contributed by atoms with E-state index in [0.717, 1.165) is 21.7 Å². The Morgan fingerprint density at radius 3 is 2.92 bits per heavy atom. The minimum Gasteiger partial charge on any atom is -0.484 e. The normalized spacial score (nSPS) is 10.4. The molecular formula is C19H18N2O2S. The Morgan fingerprint density at radius 1 is 1.21 bits per heavy atom. The zero-order valence-corrected chi connectivity index (χ0v) is 14.2. The van der Waals surface area contributed by atoms with Crippen molar-refractivity contribution in [3.8, 4) is 16.3 Å². The van der Waals surface area contributed by atoms with Crippen LogP contribution in [-0.4, -0.2) is 17.5 Å². The van der Waals surface area contributed by atoms with E-state index in [4.69, 9.17) is 4.74 Å². The number of ether oxygens (including phenoxy) is 1. The van der Waals surface area contributed by atoms with Gasteiger partial charge in [0.15, 0.2) is 6.61 Å². The van der Waals surface area contributed by atoms with Gasteiger partial charge in [0.25, 0.3) is 5.91 Å². The predicted octanol–water partition coefficient (Wildman–Crippen LogP) is 3.81. The quantitative estimate of drug-likeness (QED) is 0.743. The van der Waals surface area contributed by atoms with Crippen molar-refractivity contribution in [1.82, 2.24) is 10.3 Å². The first-order valence-electron chi connectivity index (χ1n) is 7.66. The maximum atomic E-state index is 12.0. The molecule has 1 amide bonds.